The zero-order valence-corrected chi connectivity index (χ0v) is 11.8. The Kier molecular flexibility index (Phi) is 3.78. The van der Waals surface area contributed by atoms with Crippen LogP contribution in [0.15, 0.2) is 18.2 Å². The van der Waals surface area contributed by atoms with Crippen LogP contribution < -0.4 is 19.7 Å². The maximum absolute atomic E-state index is 12.3. The summed E-state index contributed by atoms with van der Waals surface area (Å²) in [6, 6.07) is 5.49. The highest BCUT2D eigenvalue weighted by atomic mass is 16.7. The van der Waals surface area contributed by atoms with Crippen LogP contribution in [0.5, 0.6) is 11.5 Å². The monoisotopic (exact) mass is 277 g/mol. The number of carbonyl (C=O) groups is 1. The second-order valence-corrected chi connectivity index (χ2v) is 5.50. The summed E-state index contributed by atoms with van der Waals surface area (Å²) in [7, 11) is 0. The largest absolute Gasteiger partial charge is 0.454 e. The van der Waals surface area contributed by atoms with E-state index in [0.29, 0.717) is 5.75 Å². The summed E-state index contributed by atoms with van der Waals surface area (Å²) in [5, 5.41) is 2.97. The Balaban J connectivity index is 1.63. The van der Waals surface area contributed by atoms with Gasteiger partial charge in [-0.2, -0.15) is 0 Å². The first kappa shape index (κ1) is 13.2. The number of piperidine rings is 1. The Bertz CT molecular complexity index is 498. The molecule has 3 rings (SSSR count). The minimum Gasteiger partial charge on any atom is -0.454 e. The van der Waals surface area contributed by atoms with Gasteiger partial charge in [-0.05, 0) is 38.3 Å². The van der Waals surface area contributed by atoms with Gasteiger partial charge in [-0.15, -0.1) is 0 Å². The van der Waals surface area contributed by atoms with Crippen LogP contribution in [0.4, 0.5) is 5.69 Å². The molecule has 0 bridgehead atoms. The van der Waals surface area contributed by atoms with E-state index in [4.69, 9.17) is 9.47 Å². The van der Waals surface area contributed by atoms with Crippen molar-refractivity contribution in [3.8, 4) is 11.5 Å². The third-order valence-electron chi connectivity index (χ3n) is 4.14. The third kappa shape index (κ3) is 2.72. The van der Waals surface area contributed by atoms with Gasteiger partial charge in [0.2, 0.25) is 6.79 Å². The highest BCUT2D eigenvalue weighted by molar-refractivity contribution is 5.93. The standard InChI is InChI=1S/C15H20N2O3/c1-11(17-7-3-2-4-8-17)15(18)16-12-5-6-13-14(9-12)20-10-19-13/h5-6,9,11H,2-4,7-8,10H2,1H3,(H,16,18)/p+1/t11-/m0/s1. The van der Waals surface area contributed by atoms with Crippen LogP contribution in [0.25, 0.3) is 0 Å². The van der Waals surface area contributed by atoms with Crippen molar-refractivity contribution in [3.63, 3.8) is 0 Å². The molecule has 0 aliphatic carbocycles. The van der Waals surface area contributed by atoms with Crippen LogP contribution in [0, 0.1) is 0 Å². The molecule has 2 heterocycles. The van der Waals surface area contributed by atoms with E-state index in [-0.39, 0.29) is 18.7 Å². The summed E-state index contributed by atoms with van der Waals surface area (Å²) in [4.78, 5) is 13.7. The van der Waals surface area contributed by atoms with E-state index in [2.05, 4.69) is 5.32 Å². The Morgan fingerprint density at radius 3 is 2.75 bits per heavy atom. The summed E-state index contributed by atoms with van der Waals surface area (Å²) in [5.41, 5.74) is 0.766. The number of amides is 1. The van der Waals surface area contributed by atoms with Gasteiger partial charge in [0.1, 0.15) is 0 Å². The molecular weight excluding hydrogens is 256 g/mol. The number of fused-ring (bicyclic) bond motifs is 1. The topological polar surface area (TPSA) is 52.0 Å². The second-order valence-electron chi connectivity index (χ2n) is 5.50. The van der Waals surface area contributed by atoms with Crippen LogP contribution >= 0.6 is 0 Å². The molecule has 0 spiro atoms. The van der Waals surface area contributed by atoms with Crippen molar-refractivity contribution in [2.45, 2.75) is 32.2 Å². The molecule has 5 heteroatoms. The molecule has 1 atom stereocenters. The van der Waals surface area contributed by atoms with Crippen LogP contribution in [0.3, 0.4) is 0 Å². The van der Waals surface area contributed by atoms with Crippen molar-refractivity contribution < 1.29 is 19.2 Å². The quantitative estimate of drug-likeness (QED) is 0.860. The van der Waals surface area contributed by atoms with Crippen molar-refractivity contribution in [2.75, 3.05) is 25.2 Å². The molecule has 1 saturated heterocycles. The lowest BCUT2D eigenvalue weighted by Gasteiger charge is -2.28. The van der Waals surface area contributed by atoms with E-state index in [1.54, 1.807) is 0 Å². The Morgan fingerprint density at radius 1 is 1.20 bits per heavy atom. The molecular formula is C15H21N2O3+. The normalized spacial score (nSPS) is 19.6. The average Bonchev–Trinajstić information content (AvgIpc) is 2.95. The maximum atomic E-state index is 12.3. The number of likely N-dealkylation sites (tertiary alicyclic amines) is 1. The maximum Gasteiger partial charge on any atom is 0.282 e. The first-order chi connectivity index (χ1) is 9.74. The van der Waals surface area contributed by atoms with Gasteiger partial charge in [-0.1, -0.05) is 0 Å². The molecule has 0 aromatic heterocycles. The van der Waals surface area contributed by atoms with E-state index in [1.165, 1.54) is 24.2 Å². The van der Waals surface area contributed by atoms with Crippen molar-refractivity contribution in [1.82, 2.24) is 0 Å². The minimum absolute atomic E-state index is 0.0132. The Hall–Kier alpha value is -1.75. The van der Waals surface area contributed by atoms with E-state index >= 15 is 0 Å². The lowest BCUT2D eigenvalue weighted by molar-refractivity contribution is -0.918. The van der Waals surface area contributed by atoms with Gasteiger partial charge in [0.25, 0.3) is 5.91 Å². The molecule has 1 aromatic rings. The number of ether oxygens (including phenoxy) is 2. The Labute approximate surface area is 118 Å². The van der Waals surface area contributed by atoms with Gasteiger partial charge in [0.15, 0.2) is 17.5 Å². The fourth-order valence-corrected chi connectivity index (χ4v) is 2.85. The van der Waals surface area contributed by atoms with Gasteiger partial charge in [-0.25, -0.2) is 0 Å². The van der Waals surface area contributed by atoms with Crippen molar-refractivity contribution in [3.05, 3.63) is 18.2 Å². The predicted octanol–water partition coefficient (Wildman–Crippen LogP) is 0.811. The molecule has 1 aromatic carbocycles. The first-order valence-corrected chi connectivity index (χ1v) is 7.29. The van der Waals surface area contributed by atoms with E-state index < -0.39 is 0 Å². The fourth-order valence-electron chi connectivity index (χ4n) is 2.85. The summed E-state index contributed by atoms with van der Waals surface area (Å²) in [6.45, 7) is 4.44. The van der Waals surface area contributed by atoms with Gasteiger partial charge >= 0.3 is 0 Å². The zero-order valence-electron chi connectivity index (χ0n) is 11.8. The predicted molar refractivity (Wildman–Crippen MR) is 75.2 cm³/mol. The van der Waals surface area contributed by atoms with Crippen LogP contribution in [0.1, 0.15) is 26.2 Å². The van der Waals surface area contributed by atoms with Crippen molar-refractivity contribution >= 4 is 11.6 Å². The zero-order chi connectivity index (χ0) is 13.9. The molecule has 1 amide bonds. The smallest absolute Gasteiger partial charge is 0.282 e. The molecule has 2 aliphatic heterocycles. The molecule has 0 saturated carbocycles. The first-order valence-electron chi connectivity index (χ1n) is 7.29. The number of anilines is 1. The number of benzene rings is 1. The van der Waals surface area contributed by atoms with Gasteiger partial charge in [0, 0.05) is 11.8 Å². The summed E-state index contributed by atoms with van der Waals surface area (Å²) >= 11 is 0. The fraction of sp³-hybridized carbons (Fsp3) is 0.533. The molecule has 2 aliphatic rings. The van der Waals surface area contributed by atoms with Crippen LogP contribution in [0.2, 0.25) is 0 Å². The average molecular weight is 277 g/mol. The molecule has 0 unspecified atom stereocenters. The third-order valence-corrected chi connectivity index (χ3v) is 4.14. The Morgan fingerprint density at radius 2 is 1.95 bits per heavy atom. The number of hydrogen-bond acceptors (Lipinski definition) is 3. The molecule has 108 valence electrons. The van der Waals surface area contributed by atoms with Crippen LogP contribution in [-0.4, -0.2) is 31.8 Å². The summed E-state index contributed by atoms with van der Waals surface area (Å²) in [5.74, 6) is 1.50. The van der Waals surface area contributed by atoms with E-state index in [9.17, 15) is 4.79 Å². The number of carbonyl (C=O) groups excluding carboxylic acids is 1. The molecule has 0 radical (unpaired) electrons. The second kappa shape index (κ2) is 5.71. The lowest BCUT2D eigenvalue weighted by Crippen LogP contribution is -3.17. The number of hydrogen-bond donors (Lipinski definition) is 2. The van der Waals surface area contributed by atoms with Gasteiger partial charge < -0.3 is 19.7 Å². The van der Waals surface area contributed by atoms with Crippen molar-refractivity contribution in [2.24, 2.45) is 0 Å². The number of nitrogens with one attached hydrogen (secondary N) is 2. The lowest BCUT2D eigenvalue weighted by atomic mass is 10.1. The van der Waals surface area contributed by atoms with Crippen molar-refractivity contribution in [1.29, 1.82) is 0 Å². The molecule has 2 N–H and O–H groups in total. The van der Waals surface area contributed by atoms with Gasteiger partial charge in [0.05, 0.1) is 13.1 Å². The highest BCUT2D eigenvalue weighted by Crippen LogP contribution is 2.34. The number of rotatable bonds is 3. The highest BCUT2D eigenvalue weighted by Gasteiger charge is 2.26. The SMILES string of the molecule is C[C@@H](C(=O)Nc1ccc2c(c1)OCO2)[NH+]1CCCCC1. The van der Waals surface area contributed by atoms with E-state index in [1.807, 2.05) is 25.1 Å². The molecule has 5 nitrogen and oxygen atoms in total. The summed E-state index contributed by atoms with van der Waals surface area (Å²) in [6.07, 6.45) is 3.73. The molecule has 1 fully saturated rings. The van der Waals surface area contributed by atoms with E-state index in [0.717, 1.165) is 24.5 Å². The minimum atomic E-state index is -0.0132. The number of quaternary nitrogens is 1. The molecule has 20 heavy (non-hydrogen) atoms. The van der Waals surface area contributed by atoms with Gasteiger partial charge in [-0.3, -0.25) is 4.79 Å². The summed E-state index contributed by atoms with van der Waals surface area (Å²) < 4.78 is 10.6. The van der Waals surface area contributed by atoms with Crippen LogP contribution in [-0.2, 0) is 4.79 Å².